The Kier molecular flexibility index (Phi) is 4.69. The Balaban J connectivity index is 1.65. The van der Waals surface area contributed by atoms with Crippen LogP contribution in [0.4, 0.5) is 0 Å². The van der Waals surface area contributed by atoms with Crippen molar-refractivity contribution < 1.29 is 19.0 Å². The van der Waals surface area contributed by atoms with Gasteiger partial charge in [0.15, 0.2) is 11.5 Å². The van der Waals surface area contributed by atoms with E-state index < -0.39 is 0 Å². The molecule has 28 heavy (non-hydrogen) atoms. The summed E-state index contributed by atoms with van der Waals surface area (Å²) in [5.74, 6) is 1.51. The highest BCUT2D eigenvalue weighted by atomic mass is 16.6. The first kappa shape index (κ1) is 19.3. The zero-order chi connectivity index (χ0) is 20.1. The Labute approximate surface area is 167 Å². The van der Waals surface area contributed by atoms with E-state index in [-0.39, 0.29) is 29.0 Å². The van der Waals surface area contributed by atoms with Crippen LogP contribution in [-0.4, -0.2) is 43.8 Å². The van der Waals surface area contributed by atoms with E-state index in [0.717, 1.165) is 31.0 Å². The molecule has 0 bridgehead atoms. The summed E-state index contributed by atoms with van der Waals surface area (Å²) < 4.78 is 17.8. The van der Waals surface area contributed by atoms with Crippen LogP contribution in [0.25, 0.3) is 0 Å². The topological polar surface area (TPSA) is 48.0 Å². The third kappa shape index (κ3) is 3.30. The summed E-state index contributed by atoms with van der Waals surface area (Å²) in [6, 6.07) is 4.17. The van der Waals surface area contributed by atoms with Crippen molar-refractivity contribution in [2.75, 3.05) is 20.7 Å². The zero-order valence-corrected chi connectivity index (χ0v) is 17.6. The fourth-order valence-electron chi connectivity index (χ4n) is 4.80. The number of nitrogens with zero attached hydrogens (tertiary/aromatic N) is 1. The van der Waals surface area contributed by atoms with Crippen molar-refractivity contribution in [2.24, 2.45) is 5.41 Å². The number of benzene rings is 1. The monoisotopic (exact) mass is 385 g/mol. The van der Waals surface area contributed by atoms with Crippen molar-refractivity contribution in [3.05, 3.63) is 35.4 Å². The lowest BCUT2D eigenvalue weighted by Crippen LogP contribution is -2.43. The number of carbonyl (C=O) groups excluding carboxylic acids is 1. The van der Waals surface area contributed by atoms with E-state index in [1.165, 1.54) is 11.1 Å². The van der Waals surface area contributed by atoms with Crippen LogP contribution in [0, 0.1) is 5.41 Å². The molecule has 3 aliphatic rings. The number of ether oxygens (including phenoxy) is 3. The van der Waals surface area contributed by atoms with Gasteiger partial charge < -0.3 is 19.1 Å². The minimum atomic E-state index is -0.241. The van der Waals surface area contributed by atoms with Gasteiger partial charge in [0.25, 0.3) is 0 Å². The van der Waals surface area contributed by atoms with Crippen molar-refractivity contribution in [2.45, 2.75) is 64.2 Å². The molecule has 3 atom stereocenters. The number of rotatable bonds is 3. The number of esters is 1. The summed E-state index contributed by atoms with van der Waals surface area (Å²) >= 11 is 0. The Morgan fingerprint density at radius 1 is 1.36 bits per heavy atom. The van der Waals surface area contributed by atoms with Gasteiger partial charge in [-0.1, -0.05) is 32.9 Å². The molecule has 1 spiro atoms. The van der Waals surface area contributed by atoms with Crippen LogP contribution >= 0.6 is 0 Å². The van der Waals surface area contributed by atoms with E-state index in [1.807, 2.05) is 26.8 Å². The second-order valence-electron chi connectivity index (χ2n) is 9.63. The van der Waals surface area contributed by atoms with Crippen LogP contribution < -0.4 is 9.47 Å². The Morgan fingerprint density at radius 2 is 2.14 bits per heavy atom. The molecule has 2 aliphatic heterocycles. The van der Waals surface area contributed by atoms with Gasteiger partial charge in [0, 0.05) is 18.5 Å². The van der Waals surface area contributed by atoms with Crippen molar-refractivity contribution in [1.29, 1.82) is 0 Å². The molecule has 0 saturated heterocycles. The number of carbonyl (C=O) groups is 1. The maximum Gasteiger partial charge on any atom is 0.306 e. The molecule has 0 unspecified atom stereocenters. The second-order valence-corrected chi connectivity index (χ2v) is 9.63. The van der Waals surface area contributed by atoms with Gasteiger partial charge in [-0.25, -0.2) is 0 Å². The molecular weight excluding hydrogens is 354 g/mol. The lowest BCUT2D eigenvalue weighted by molar-refractivity contribution is -0.150. The van der Waals surface area contributed by atoms with Gasteiger partial charge in [0.1, 0.15) is 12.2 Å². The molecule has 1 aromatic carbocycles. The molecule has 0 radical (unpaired) electrons. The largest absolute Gasteiger partial charge is 0.493 e. The first-order valence-corrected chi connectivity index (χ1v) is 10.2. The molecule has 2 heterocycles. The van der Waals surface area contributed by atoms with Gasteiger partial charge in [-0.15, -0.1) is 0 Å². The smallest absolute Gasteiger partial charge is 0.306 e. The van der Waals surface area contributed by atoms with E-state index in [0.29, 0.717) is 12.8 Å². The molecule has 0 saturated carbocycles. The Bertz CT molecular complexity index is 810. The molecule has 0 N–H and O–H groups in total. The van der Waals surface area contributed by atoms with E-state index in [1.54, 1.807) is 7.11 Å². The maximum absolute atomic E-state index is 12.3. The summed E-state index contributed by atoms with van der Waals surface area (Å²) in [7, 11) is 3.85. The SMILES string of the molecule is COc1ccc2c3c1O[C@H]1C[C@@H](OC(=O)CC(C)(C)C)C=C[C@@]31CCN(C)C2. The molecule has 5 nitrogen and oxygen atoms in total. The van der Waals surface area contributed by atoms with E-state index in [4.69, 9.17) is 14.2 Å². The lowest BCUT2D eigenvalue weighted by Gasteiger charge is -2.37. The van der Waals surface area contributed by atoms with Crippen molar-refractivity contribution in [3.8, 4) is 11.5 Å². The quantitative estimate of drug-likeness (QED) is 0.584. The highest BCUT2D eigenvalue weighted by Crippen LogP contribution is 2.55. The molecule has 152 valence electrons. The van der Waals surface area contributed by atoms with Crippen molar-refractivity contribution in [1.82, 2.24) is 4.90 Å². The molecule has 1 aliphatic carbocycles. The minimum absolute atomic E-state index is 0.0403. The summed E-state index contributed by atoms with van der Waals surface area (Å²) in [4.78, 5) is 14.7. The zero-order valence-electron chi connectivity index (χ0n) is 17.6. The predicted molar refractivity (Wildman–Crippen MR) is 108 cm³/mol. The van der Waals surface area contributed by atoms with E-state index >= 15 is 0 Å². The molecule has 0 fully saturated rings. The van der Waals surface area contributed by atoms with Gasteiger partial charge in [-0.05, 0) is 43.1 Å². The molecule has 5 heteroatoms. The summed E-state index contributed by atoms with van der Waals surface area (Å²) in [5, 5.41) is 0. The van der Waals surface area contributed by atoms with Crippen molar-refractivity contribution in [3.63, 3.8) is 0 Å². The van der Waals surface area contributed by atoms with Crippen LogP contribution in [0.1, 0.15) is 51.2 Å². The van der Waals surface area contributed by atoms with Crippen molar-refractivity contribution >= 4 is 5.97 Å². The fourth-order valence-corrected chi connectivity index (χ4v) is 4.80. The van der Waals surface area contributed by atoms with E-state index in [9.17, 15) is 4.79 Å². The van der Waals surface area contributed by atoms with Crippen LogP contribution in [0.2, 0.25) is 0 Å². The highest BCUT2D eigenvalue weighted by molar-refractivity contribution is 5.70. The number of hydrogen-bond acceptors (Lipinski definition) is 5. The second kappa shape index (κ2) is 6.80. The Hall–Kier alpha value is -2.01. The molecule has 1 aromatic rings. The van der Waals surface area contributed by atoms with E-state index in [2.05, 4.69) is 30.2 Å². The van der Waals surface area contributed by atoms with Gasteiger partial charge in [0.2, 0.25) is 0 Å². The number of methoxy groups -OCH3 is 1. The summed E-state index contributed by atoms with van der Waals surface area (Å²) in [6.45, 7) is 8.04. The predicted octanol–water partition coefficient (Wildman–Crippen LogP) is 3.84. The molecule has 4 rings (SSSR count). The molecule has 0 amide bonds. The Morgan fingerprint density at radius 3 is 2.86 bits per heavy atom. The average molecular weight is 386 g/mol. The van der Waals surface area contributed by atoms with Gasteiger partial charge in [-0.3, -0.25) is 4.79 Å². The molecule has 0 aromatic heterocycles. The van der Waals surface area contributed by atoms with Gasteiger partial charge >= 0.3 is 5.97 Å². The van der Waals surface area contributed by atoms with Crippen LogP contribution in [-0.2, 0) is 21.5 Å². The van der Waals surface area contributed by atoms with Crippen LogP contribution in [0.15, 0.2) is 24.3 Å². The third-order valence-corrected chi connectivity index (χ3v) is 6.09. The maximum atomic E-state index is 12.3. The fraction of sp³-hybridized carbons (Fsp3) is 0.609. The minimum Gasteiger partial charge on any atom is -0.493 e. The summed E-state index contributed by atoms with van der Waals surface area (Å²) in [6.07, 6.45) is 6.11. The number of hydrogen-bond donors (Lipinski definition) is 0. The molecular formula is C23H31NO4. The average Bonchev–Trinajstić information content (AvgIpc) is 2.86. The van der Waals surface area contributed by atoms with Crippen LogP contribution in [0.3, 0.4) is 0 Å². The third-order valence-electron chi connectivity index (χ3n) is 6.09. The standard InChI is InChI=1S/C23H31NO4/c1-22(2,3)13-19(25)27-16-8-9-23-10-11-24(4)14-15-6-7-17(26-5)21(20(15)23)28-18(23)12-16/h6-9,16,18H,10-14H2,1-5H3/t16-,18-,23-/m0/s1. The summed E-state index contributed by atoms with van der Waals surface area (Å²) in [5.41, 5.74) is 2.31. The van der Waals surface area contributed by atoms with Crippen LogP contribution in [0.5, 0.6) is 11.5 Å². The van der Waals surface area contributed by atoms with Gasteiger partial charge in [0.05, 0.1) is 18.9 Å². The first-order chi connectivity index (χ1) is 13.2. The normalized spacial score (nSPS) is 28.8. The lowest BCUT2D eigenvalue weighted by atomic mass is 9.69. The van der Waals surface area contributed by atoms with Gasteiger partial charge in [-0.2, -0.15) is 0 Å². The first-order valence-electron chi connectivity index (χ1n) is 10.2. The highest BCUT2D eigenvalue weighted by Gasteiger charge is 2.53.